The molecule has 1 aliphatic heterocycles. The second kappa shape index (κ2) is 6.85. The van der Waals surface area contributed by atoms with Gasteiger partial charge in [-0.3, -0.25) is 0 Å². The predicted molar refractivity (Wildman–Crippen MR) is 100.0 cm³/mol. The third-order valence-electron chi connectivity index (χ3n) is 4.55. The summed E-state index contributed by atoms with van der Waals surface area (Å²) in [7, 11) is 1.74. The molecule has 0 N–H and O–H groups in total. The van der Waals surface area contributed by atoms with Gasteiger partial charge in [0.25, 0.3) is 5.92 Å². The highest BCUT2D eigenvalue weighted by Gasteiger charge is 2.40. The first-order valence-corrected chi connectivity index (χ1v) is 9.31. The first-order valence-electron chi connectivity index (χ1n) is 9.31. The summed E-state index contributed by atoms with van der Waals surface area (Å²) in [6, 6.07) is 0.135. The Morgan fingerprint density at radius 1 is 1.24 bits per heavy atom. The Morgan fingerprint density at radius 2 is 2.03 bits per heavy atom. The van der Waals surface area contributed by atoms with E-state index >= 15 is 0 Å². The maximum absolute atomic E-state index is 13.8. The largest absolute Gasteiger partial charge is 0.463 e. The molecule has 0 aromatic carbocycles. The average Bonchev–Trinajstić information content (AvgIpc) is 3.32. The normalized spacial score (nSPS) is 16.7. The molecule has 0 amide bonds. The molecule has 0 unspecified atom stereocenters. The number of halogens is 2. The molecule has 3 aromatic rings. The zero-order chi connectivity index (χ0) is 20.8. The fraction of sp³-hybridized carbons (Fsp3) is 0.647. The molecule has 12 heteroatoms. The van der Waals surface area contributed by atoms with Gasteiger partial charge in [0.1, 0.15) is 0 Å². The molecule has 29 heavy (non-hydrogen) atoms. The summed E-state index contributed by atoms with van der Waals surface area (Å²) < 4.78 is 36.7. The Labute approximate surface area is 165 Å². The highest BCUT2D eigenvalue weighted by atomic mass is 19.3. The second-order valence-electron chi connectivity index (χ2n) is 8.47. The van der Waals surface area contributed by atoms with Crippen LogP contribution in [0.4, 0.5) is 14.6 Å². The molecule has 3 aromatic heterocycles. The molecular weight excluding hydrogens is 384 g/mol. The molecule has 1 saturated heterocycles. The first-order chi connectivity index (χ1) is 13.6. The van der Waals surface area contributed by atoms with Crippen molar-refractivity contribution in [1.29, 1.82) is 0 Å². The molecular formula is C17H23F2N9O. The van der Waals surface area contributed by atoms with Crippen LogP contribution in [0.25, 0.3) is 11.2 Å². The average molecular weight is 407 g/mol. The van der Waals surface area contributed by atoms with Crippen molar-refractivity contribution >= 4 is 17.0 Å². The van der Waals surface area contributed by atoms with E-state index < -0.39 is 12.5 Å². The number of alkyl halides is 2. The van der Waals surface area contributed by atoms with Gasteiger partial charge in [0.15, 0.2) is 22.8 Å². The molecule has 4 heterocycles. The number of tetrazole rings is 1. The molecule has 0 atom stereocenters. The predicted octanol–water partition coefficient (Wildman–Crippen LogP) is 1.67. The number of rotatable bonds is 5. The van der Waals surface area contributed by atoms with Crippen molar-refractivity contribution in [2.24, 2.45) is 12.5 Å². The van der Waals surface area contributed by atoms with E-state index in [2.05, 4.69) is 30.5 Å². The minimum atomic E-state index is -2.75. The van der Waals surface area contributed by atoms with E-state index in [9.17, 15) is 8.78 Å². The van der Waals surface area contributed by atoms with Crippen LogP contribution in [-0.4, -0.2) is 65.3 Å². The fourth-order valence-corrected chi connectivity index (χ4v) is 3.04. The van der Waals surface area contributed by atoms with Crippen molar-refractivity contribution in [3.05, 3.63) is 12.2 Å². The number of hydrogen-bond donors (Lipinski definition) is 0. The van der Waals surface area contributed by atoms with E-state index in [0.717, 1.165) is 0 Å². The number of imidazole rings is 1. The Hall–Kier alpha value is -2.92. The molecule has 0 spiro atoms. The lowest BCUT2D eigenvalue weighted by Gasteiger charge is -2.20. The van der Waals surface area contributed by atoms with E-state index in [-0.39, 0.29) is 24.4 Å². The summed E-state index contributed by atoms with van der Waals surface area (Å²) in [5.41, 5.74) is 0.821. The van der Waals surface area contributed by atoms with Crippen LogP contribution in [0.2, 0.25) is 0 Å². The zero-order valence-corrected chi connectivity index (χ0v) is 16.8. The molecule has 1 fully saturated rings. The summed E-state index contributed by atoms with van der Waals surface area (Å²) >= 11 is 0. The topological polar surface area (TPSA) is 99.7 Å². The highest BCUT2D eigenvalue weighted by molar-refractivity contribution is 5.84. The SMILES string of the molecule is Cn1nnnc1Cn1cnc2c(N3CCC(F)(F)C3)nc(OCC(C)(C)C)nc21. The number of aromatic nitrogens is 8. The lowest BCUT2D eigenvalue weighted by atomic mass is 9.99. The number of hydrogen-bond acceptors (Lipinski definition) is 8. The van der Waals surface area contributed by atoms with Crippen LogP contribution in [0.3, 0.4) is 0 Å². The Bertz CT molecular complexity index is 1020. The van der Waals surface area contributed by atoms with Crippen LogP contribution >= 0.6 is 0 Å². The fourth-order valence-electron chi connectivity index (χ4n) is 3.04. The third kappa shape index (κ3) is 4.10. The van der Waals surface area contributed by atoms with Gasteiger partial charge in [0.05, 0.1) is 26.0 Å². The van der Waals surface area contributed by atoms with Crippen LogP contribution in [0.15, 0.2) is 6.33 Å². The van der Waals surface area contributed by atoms with E-state index in [1.54, 1.807) is 22.6 Å². The Morgan fingerprint density at radius 3 is 2.66 bits per heavy atom. The summed E-state index contributed by atoms with van der Waals surface area (Å²) in [6.45, 7) is 6.58. The van der Waals surface area contributed by atoms with E-state index in [1.165, 1.54) is 4.90 Å². The number of fused-ring (bicyclic) bond motifs is 1. The van der Waals surface area contributed by atoms with Crippen molar-refractivity contribution in [2.45, 2.75) is 39.7 Å². The second-order valence-corrected chi connectivity index (χ2v) is 8.47. The smallest absolute Gasteiger partial charge is 0.320 e. The van der Waals surface area contributed by atoms with Crippen LogP contribution in [0.1, 0.15) is 33.0 Å². The molecule has 0 radical (unpaired) electrons. The van der Waals surface area contributed by atoms with E-state index in [0.29, 0.717) is 36.0 Å². The molecule has 10 nitrogen and oxygen atoms in total. The van der Waals surface area contributed by atoms with Crippen molar-refractivity contribution < 1.29 is 13.5 Å². The number of anilines is 1. The summed E-state index contributed by atoms with van der Waals surface area (Å²) in [5, 5.41) is 11.4. The molecule has 0 saturated carbocycles. The van der Waals surface area contributed by atoms with Crippen LogP contribution < -0.4 is 9.64 Å². The lowest BCUT2D eigenvalue weighted by molar-refractivity contribution is 0.0257. The van der Waals surface area contributed by atoms with Gasteiger partial charge >= 0.3 is 6.01 Å². The standard InChI is InChI=1S/C17H23F2N9O/c1-16(2,3)9-29-15-21-13(27-6-5-17(18,19)8-27)12-14(22-15)28(10-20-12)7-11-23-24-25-26(11)4/h10H,5-9H2,1-4H3. The quantitative estimate of drug-likeness (QED) is 0.630. The summed E-state index contributed by atoms with van der Waals surface area (Å²) in [6.07, 6.45) is 1.36. The van der Waals surface area contributed by atoms with Gasteiger partial charge in [0.2, 0.25) is 0 Å². The van der Waals surface area contributed by atoms with Crippen molar-refractivity contribution in [3.8, 4) is 6.01 Å². The van der Waals surface area contributed by atoms with Gasteiger partial charge < -0.3 is 14.2 Å². The van der Waals surface area contributed by atoms with Gasteiger partial charge in [-0.1, -0.05) is 20.8 Å². The Kier molecular flexibility index (Phi) is 4.58. The number of ether oxygens (including phenoxy) is 1. The number of nitrogens with zero attached hydrogens (tertiary/aromatic N) is 9. The summed E-state index contributed by atoms with van der Waals surface area (Å²) in [4.78, 5) is 14.8. The van der Waals surface area contributed by atoms with Crippen LogP contribution in [0, 0.1) is 5.41 Å². The van der Waals surface area contributed by atoms with E-state index in [4.69, 9.17) is 4.74 Å². The zero-order valence-electron chi connectivity index (χ0n) is 16.8. The summed E-state index contributed by atoms with van der Waals surface area (Å²) in [5.74, 6) is -1.79. The van der Waals surface area contributed by atoms with Gasteiger partial charge in [-0.2, -0.15) is 9.97 Å². The monoisotopic (exact) mass is 407 g/mol. The van der Waals surface area contributed by atoms with Crippen molar-refractivity contribution in [3.63, 3.8) is 0 Å². The van der Waals surface area contributed by atoms with Gasteiger partial charge in [-0.25, -0.2) is 18.4 Å². The molecule has 0 bridgehead atoms. The lowest BCUT2D eigenvalue weighted by Crippen LogP contribution is -2.26. The molecule has 0 aliphatic carbocycles. The van der Waals surface area contributed by atoms with Crippen molar-refractivity contribution in [2.75, 3.05) is 24.6 Å². The molecule has 4 rings (SSSR count). The Balaban J connectivity index is 1.75. The first kappa shape index (κ1) is 19.4. The maximum atomic E-state index is 13.8. The highest BCUT2D eigenvalue weighted by Crippen LogP contribution is 2.34. The molecule has 156 valence electrons. The van der Waals surface area contributed by atoms with Gasteiger partial charge in [-0.15, -0.1) is 5.10 Å². The minimum Gasteiger partial charge on any atom is -0.463 e. The van der Waals surface area contributed by atoms with Crippen molar-refractivity contribution in [1.82, 2.24) is 39.7 Å². The molecule has 1 aliphatic rings. The number of aryl methyl sites for hydroxylation is 1. The van der Waals surface area contributed by atoms with Gasteiger partial charge in [0, 0.05) is 20.0 Å². The minimum absolute atomic E-state index is 0.107. The van der Waals surface area contributed by atoms with Crippen LogP contribution in [0.5, 0.6) is 6.01 Å². The maximum Gasteiger partial charge on any atom is 0.320 e. The van der Waals surface area contributed by atoms with Crippen LogP contribution in [-0.2, 0) is 13.6 Å². The third-order valence-corrected chi connectivity index (χ3v) is 4.55. The van der Waals surface area contributed by atoms with E-state index in [1.807, 2.05) is 20.8 Å². The van der Waals surface area contributed by atoms with Gasteiger partial charge in [-0.05, 0) is 15.8 Å².